The summed E-state index contributed by atoms with van der Waals surface area (Å²) in [7, 11) is 1.80. The number of hydrogen-bond donors (Lipinski definition) is 0. The third-order valence-electron chi connectivity index (χ3n) is 5.21. The molecule has 2 aliphatic rings. The van der Waals surface area contributed by atoms with Gasteiger partial charge in [-0.3, -0.25) is 4.90 Å². The maximum Gasteiger partial charge on any atom is 0.0672 e. The molecular weight excluding hydrogens is 248 g/mol. The molecule has 0 bridgehead atoms. The average Bonchev–Trinajstić information content (AvgIpc) is 2.48. The van der Waals surface area contributed by atoms with Gasteiger partial charge >= 0.3 is 0 Å². The molecule has 4 unspecified atom stereocenters. The van der Waals surface area contributed by atoms with Gasteiger partial charge in [0.15, 0.2) is 0 Å². The predicted molar refractivity (Wildman–Crippen MR) is 81.3 cm³/mol. The van der Waals surface area contributed by atoms with Gasteiger partial charge in [-0.1, -0.05) is 19.8 Å². The number of nitriles is 1. The first kappa shape index (κ1) is 15.8. The molecule has 3 nitrogen and oxygen atoms in total. The van der Waals surface area contributed by atoms with Crippen LogP contribution in [0, 0.1) is 29.1 Å². The first-order chi connectivity index (χ1) is 9.78. The fourth-order valence-corrected chi connectivity index (χ4v) is 4.23. The highest BCUT2D eigenvalue weighted by Gasteiger charge is 2.36. The van der Waals surface area contributed by atoms with E-state index >= 15 is 0 Å². The van der Waals surface area contributed by atoms with Gasteiger partial charge < -0.3 is 4.74 Å². The summed E-state index contributed by atoms with van der Waals surface area (Å²) in [6, 6.07) is 3.09. The van der Waals surface area contributed by atoms with Crippen LogP contribution in [0.2, 0.25) is 0 Å². The van der Waals surface area contributed by atoms with Crippen molar-refractivity contribution < 1.29 is 4.74 Å². The highest BCUT2D eigenvalue weighted by molar-refractivity contribution is 4.98. The first-order valence-electron chi connectivity index (χ1n) is 8.41. The van der Waals surface area contributed by atoms with Gasteiger partial charge in [0, 0.05) is 19.7 Å². The second-order valence-corrected chi connectivity index (χ2v) is 6.73. The van der Waals surface area contributed by atoms with E-state index in [1.807, 2.05) is 0 Å². The Labute approximate surface area is 124 Å². The van der Waals surface area contributed by atoms with Crippen molar-refractivity contribution in [1.29, 1.82) is 5.26 Å². The maximum atomic E-state index is 9.48. The minimum atomic E-state index is 0.254. The van der Waals surface area contributed by atoms with E-state index in [4.69, 9.17) is 4.74 Å². The lowest BCUT2D eigenvalue weighted by atomic mass is 9.76. The highest BCUT2D eigenvalue weighted by Crippen LogP contribution is 2.36. The Morgan fingerprint density at radius 3 is 2.80 bits per heavy atom. The fraction of sp³-hybridized carbons (Fsp3) is 0.941. The lowest BCUT2D eigenvalue weighted by molar-refractivity contribution is 0.0338. The zero-order valence-electron chi connectivity index (χ0n) is 13.2. The van der Waals surface area contributed by atoms with Crippen molar-refractivity contribution in [2.24, 2.45) is 17.8 Å². The molecule has 20 heavy (non-hydrogen) atoms. The third kappa shape index (κ3) is 3.96. The summed E-state index contributed by atoms with van der Waals surface area (Å²) in [5.41, 5.74) is 0. The Morgan fingerprint density at radius 2 is 2.10 bits per heavy atom. The van der Waals surface area contributed by atoms with Crippen molar-refractivity contribution in [2.45, 2.75) is 57.9 Å². The zero-order valence-corrected chi connectivity index (χ0v) is 13.2. The summed E-state index contributed by atoms with van der Waals surface area (Å²) in [6.07, 6.45) is 8.78. The molecule has 0 radical (unpaired) electrons. The van der Waals surface area contributed by atoms with Crippen LogP contribution in [-0.4, -0.2) is 37.7 Å². The molecule has 2 fully saturated rings. The SMILES string of the molecule is CCCC1CCC(C#N)C(N2CCCC(COC)C2)C1. The summed E-state index contributed by atoms with van der Waals surface area (Å²) < 4.78 is 5.34. The molecule has 1 aliphatic heterocycles. The van der Waals surface area contributed by atoms with Crippen LogP contribution in [0.25, 0.3) is 0 Å². The first-order valence-corrected chi connectivity index (χ1v) is 8.41. The standard InChI is InChI=1S/C17H30N2O/c1-3-5-14-7-8-16(11-18)17(10-14)19-9-4-6-15(12-19)13-20-2/h14-17H,3-10,12-13H2,1-2H3. The van der Waals surface area contributed by atoms with Gasteiger partial charge in [-0.05, 0) is 50.5 Å². The second-order valence-electron chi connectivity index (χ2n) is 6.73. The predicted octanol–water partition coefficient (Wildman–Crippen LogP) is 3.45. The molecule has 0 spiro atoms. The Kier molecular flexibility index (Phi) is 6.32. The normalized spacial score (nSPS) is 35.6. The minimum absolute atomic E-state index is 0.254. The zero-order chi connectivity index (χ0) is 14.4. The lowest BCUT2D eigenvalue weighted by Crippen LogP contribution is -2.49. The number of ether oxygens (including phenoxy) is 1. The van der Waals surface area contributed by atoms with Gasteiger partial charge in [0.05, 0.1) is 18.6 Å². The van der Waals surface area contributed by atoms with Crippen molar-refractivity contribution in [3.05, 3.63) is 0 Å². The summed E-state index contributed by atoms with van der Waals surface area (Å²) >= 11 is 0. The lowest BCUT2D eigenvalue weighted by Gasteiger charge is -2.44. The van der Waals surface area contributed by atoms with Gasteiger partial charge in [-0.2, -0.15) is 5.26 Å². The summed E-state index contributed by atoms with van der Waals surface area (Å²) in [5.74, 6) is 1.77. The number of methoxy groups -OCH3 is 1. The van der Waals surface area contributed by atoms with E-state index in [0.29, 0.717) is 12.0 Å². The van der Waals surface area contributed by atoms with Crippen LogP contribution in [-0.2, 0) is 4.74 Å². The molecule has 1 saturated heterocycles. The third-order valence-corrected chi connectivity index (χ3v) is 5.21. The molecular formula is C17H30N2O. The van der Waals surface area contributed by atoms with Crippen molar-refractivity contribution in [2.75, 3.05) is 26.8 Å². The molecule has 0 aromatic heterocycles. The van der Waals surface area contributed by atoms with Gasteiger partial charge in [-0.25, -0.2) is 0 Å². The van der Waals surface area contributed by atoms with Crippen molar-refractivity contribution in [3.63, 3.8) is 0 Å². The van der Waals surface area contributed by atoms with Crippen LogP contribution in [0.15, 0.2) is 0 Å². The van der Waals surface area contributed by atoms with Gasteiger partial charge in [-0.15, -0.1) is 0 Å². The second kappa shape index (κ2) is 8.00. The quantitative estimate of drug-likeness (QED) is 0.773. The van der Waals surface area contributed by atoms with Crippen LogP contribution in [0.5, 0.6) is 0 Å². The molecule has 4 atom stereocenters. The molecule has 3 heteroatoms. The van der Waals surface area contributed by atoms with Crippen LogP contribution in [0.4, 0.5) is 0 Å². The maximum absolute atomic E-state index is 9.48. The Bertz CT molecular complexity index is 323. The van der Waals surface area contributed by atoms with E-state index in [1.165, 1.54) is 45.1 Å². The molecule has 0 amide bonds. The monoisotopic (exact) mass is 278 g/mol. The average molecular weight is 278 g/mol. The van der Waals surface area contributed by atoms with Crippen LogP contribution in [0.3, 0.4) is 0 Å². The number of rotatable bonds is 5. The smallest absolute Gasteiger partial charge is 0.0672 e. The number of likely N-dealkylation sites (tertiary alicyclic amines) is 1. The molecule has 0 aromatic carbocycles. The van der Waals surface area contributed by atoms with Gasteiger partial charge in [0.25, 0.3) is 0 Å². The van der Waals surface area contributed by atoms with E-state index < -0.39 is 0 Å². The van der Waals surface area contributed by atoms with Crippen LogP contribution >= 0.6 is 0 Å². The van der Waals surface area contributed by atoms with Crippen molar-refractivity contribution >= 4 is 0 Å². The van der Waals surface area contributed by atoms with Crippen molar-refractivity contribution in [1.82, 2.24) is 4.90 Å². The van der Waals surface area contributed by atoms with E-state index in [9.17, 15) is 5.26 Å². The van der Waals surface area contributed by atoms with E-state index in [2.05, 4.69) is 17.9 Å². The molecule has 0 N–H and O–H groups in total. The molecule has 0 aromatic rings. The fourth-order valence-electron chi connectivity index (χ4n) is 4.23. The van der Waals surface area contributed by atoms with E-state index in [-0.39, 0.29) is 5.92 Å². The molecule has 1 aliphatic carbocycles. The van der Waals surface area contributed by atoms with Crippen LogP contribution < -0.4 is 0 Å². The number of hydrogen-bond acceptors (Lipinski definition) is 3. The summed E-state index contributed by atoms with van der Waals surface area (Å²) in [4.78, 5) is 2.61. The van der Waals surface area contributed by atoms with Crippen LogP contribution in [0.1, 0.15) is 51.9 Å². The van der Waals surface area contributed by atoms with E-state index in [1.54, 1.807) is 7.11 Å². The molecule has 114 valence electrons. The Balaban J connectivity index is 1.97. The summed E-state index contributed by atoms with van der Waals surface area (Å²) in [6.45, 7) is 5.47. The molecule has 1 heterocycles. The summed E-state index contributed by atoms with van der Waals surface area (Å²) in [5, 5.41) is 9.48. The number of nitrogens with zero attached hydrogens (tertiary/aromatic N) is 2. The Hall–Kier alpha value is -0.590. The Morgan fingerprint density at radius 1 is 1.25 bits per heavy atom. The largest absolute Gasteiger partial charge is 0.384 e. The van der Waals surface area contributed by atoms with Gasteiger partial charge in [0.2, 0.25) is 0 Å². The van der Waals surface area contributed by atoms with Gasteiger partial charge in [0.1, 0.15) is 0 Å². The number of piperidine rings is 1. The molecule has 2 rings (SSSR count). The highest BCUT2D eigenvalue weighted by atomic mass is 16.5. The minimum Gasteiger partial charge on any atom is -0.384 e. The van der Waals surface area contributed by atoms with Crippen molar-refractivity contribution in [3.8, 4) is 6.07 Å². The molecule has 1 saturated carbocycles. The van der Waals surface area contributed by atoms with E-state index in [0.717, 1.165) is 25.5 Å². The topological polar surface area (TPSA) is 36.3 Å².